The van der Waals surface area contributed by atoms with E-state index in [-0.39, 0.29) is 16.5 Å². The van der Waals surface area contributed by atoms with Crippen LogP contribution in [0.25, 0.3) is 22.3 Å². The van der Waals surface area contributed by atoms with E-state index in [0.717, 1.165) is 27.4 Å². The minimum atomic E-state index is -0.353. The molecule has 11 heteroatoms. The second-order valence-corrected chi connectivity index (χ2v) is 9.62. The summed E-state index contributed by atoms with van der Waals surface area (Å²) in [5.74, 6) is 0.849. The first-order valence-corrected chi connectivity index (χ1v) is 11.2. The maximum atomic E-state index is 13.2. The van der Waals surface area contributed by atoms with Crippen LogP contribution in [-0.4, -0.2) is 34.2 Å². The van der Waals surface area contributed by atoms with E-state index in [1.807, 2.05) is 24.7 Å². The average molecular weight is 449 g/mol. The Balaban J connectivity index is 1.96. The summed E-state index contributed by atoms with van der Waals surface area (Å²) in [5, 5.41) is 6.88. The van der Waals surface area contributed by atoms with Crippen LogP contribution in [0.5, 0.6) is 0 Å². The number of hydrogen-bond donors (Lipinski definition) is 0. The van der Waals surface area contributed by atoms with Gasteiger partial charge < -0.3 is 4.57 Å². The summed E-state index contributed by atoms with van der Waals surface area (Å²) < 4.78 is 7.03. The molecule has 29 heavy (non-hydrogen) atoms. The molecule has 150 valence electrons. The van der Waals surface area contributed by atoms with Gasteiger partial charge in [-0.05, 0) is 6.07 Å². The van der Waals surface area contributed by atoms with Gasteiger partial charge in [0.05, 0.1) is 33.2 Å². The number of hydrogen-bond acceptors (Lipinski definition) is 6. The molecule has 4 aromatic heterocycles. The number of aromatic nitrogens is 6. The fourth-order valence-electron chi connectivity index (χ4n) is 4.00. The number of fused-ring (bicyclic) bond motifs is 3. The largest absolute Gasteiger partial charge is 0.339 e. The van der Waals surface area contributed by atoms with Crippen molar-refractivity contribution in [3.8, 4) is 11.4 Å². The van der Waals surface area contributed by atoms with Gasteiger partial charge in [0.1, 0.15) is 5.69 Å². The third kappa shape index (κ3) is 2.66. The van der Waals surface area contributed by atoms with Crippen molar-refractivity contribution >= 4 is 45.6 Å². The molecule has 0 saturated heterocycles. The summed E-state index contributed by atoms with van der Waals surface area (Å²) in [6.45, 7) is 0.715. The highest BCUT2D eigenvalue weighted by atomic mass is 35.5. The Morgan fingerprint density at radius 1 is 1.21 bits per heavy atom. The zero-order valence-electron chi connectivity index (χ0n) is 15.9. The molecule has 0 saturated carbocycles. The zero-order valence-corrected chi connectivity index (χ0v) is 18.3. The average Bonchev–Trinajstić information content (AvgIpc) is 3.41. The molecule has 1 aliphatic rings. The summed E-state index contributed by atoms with van der Waals surface area (Å²) in [6, 6.07) is 1.89. The van der Waals surface area contributed by atoms with Crippen molar-refractivity contribution in [1.82, 2.24) is 28.5 Å². The highest BCUT2D eigenvalue weighted by Gasteiger charge is 2.34. The van der Waals surface area contributed by atoms with Gasteiger partial charge in [-0.2, -0.15) is 5.10 Å². The maximum Gasteiger partial charge on any atom is 0.331 e. The second kappa shape index (κ2) is 6.61. The molecule has 8 nitrogen and oxygen atoms in total. The molecule has 5 rings (SSSR count). The predicted octanol–water partition coefficient (Wildman–Crippen LogP) is 2.39. The third-order valence-corrected chi connectivity index (χ3v) is 7.48. The van der Waals surface area contributed by atoms with Crippen molar-refractivity contribution in [3.05, 3.63) is 54.3 Å². The number of nitrogens with zero attached hydrogens (tertiary/aromatic N) is 6. The summed E-state index contributed by atoms with van der Waals surface area (Å²) >= 11 is 9.22. The molecule has 1 unspecified atom stereocenters. The Kier molecular flexibility index (Phi) is 4.27. The number of rotatable bonds is 2. The lowest BCUT2D eigenvalue weighted by Crippen LogP contribution is -2.37. The molecule has 0 spiro atoms. The molecule has 0 N–H and O–H groups in total. The van der Waals surface area contributed by atoms with Gasteiger partial charge in [-0.15, -0.1) is 23.1 Å². The van der Waals surface area contributed by atoms with Gasteiger partial charge >= 0.3 is 5.69 Å². The molecule has 1 aliphatic heterocycles. The van der Waals surface area contributed by atoms with Crippen LogP contribution in [0.2, 0.25) is 4.47 Å². The Morgan fingerprint density at radius 2 is 2.00 bits per heavy atom. The lowest BCUT2D eigenvalue weighted by atomic mass is 10.2. The molecular weight excluding hydrogens is 432 g/mol. The molecule has 0 amide bonds. The molecule has 0 bridgehead atoms. The monoisotopic (exact) mass is 448 g/mol. The van der Waals surface area contributed by atoms with Crippen LogP contribution in [0, 0.1) is 0 Å². The van der Waals surface area contributed by atoms with E-state index in [1.165, 1.54) is 18.4 Å². The summed E-state index contributed by atoms with van der Waals surface area (Å²) in [5.41, 5.74) is 3.17. The van der Waals surface area contributed by atoms with Crippen molar-refractivity contribution in [3.63, 3.8) is 0 Å². The van der Waals surface area contributed by atoms with Gasteiger partial charge in [-0.3, -0.25) is 18.6 Å². The topological polar surface area (TPSA) is 79.6 Å². The minimum Gasteiger partial charge on any atom is -0.339 e. The summed E-state index contributed by atoms with van der Waals surface area (Å²) in [7, 11) is 5.06. The minimum absolute atomic E-state index is 0.120. The molecule has 0 aromatic carbocycles. The number of thiazole rings is 1. The lowest BCUT2D eigenvalue weighted by Gasteiger charge is -2.25. The van der Waals surface area contributed by atoms with E-state index < -0.39 is 0 Å². The molecule has 0 fully saturated rings. The van der Waals surface area contributed by atoms with Gasteiger partial charge in [-0.1, -0.05) is 11.6 Å². The van der Waals surface area contributed by atoms with Crippen LogP contribution < -0.4 is 11.2 Å². The highest BCUT2D eigenvalue weighted by Crippen LogP contribution is 2.46. The van der Waals surface area contributed by atoms with Gasteiger partial charge in [0.25, 0.3) is 5.56 Å². The Morgan fingerprint density at radius 3 is 2.66 bits per heavy atom. The molecule has 4 aromatic rings. The fraction of sp³-hybridized carbons (Fsp3) is 0.333. The quantitative estimate of drug-likeness (QED) is 0.470. The number of thioether (sulfide) groups is 1. The smallest absolute Gasteiger partial charge is 0.331 e. The van der Waals surface area contributed by atoms with Gasteiger partial charge in [0, 0.05) is 45.0 Å². The van der Waals surface area contributed by atoms with Gasteiger partial charge in [0.15, 0.2) is 4.47 Å². The first-order chi connectivity index (χ1) is 13.9. The summed E-state index contributed by atoms with van der Waals surface area (Å²) in [6.07, 6.45) is 1.85. The first-order valence-electron chi connectivity index (χ1n) is 8.93. The zero-order chi connectivity index (χ0) is 20.4. The predicted molar refractivity (Wildman–Crippen MR) is 116 cm³/mol. The van der Waals surface area contributed by atoms with E-state index in [0.29, 0.717) is 27.6 Å². The Labute approximate surface area is 178 Å². The van der Waals surface area contributed by atoms with Crippen LogP contribution in [0.4, 0.5) is 0 Å². The van der Waals surface area contributed by atoms with E-state index in [9.17, 15) is 9.59 Å². The normalized spacial score (nSPS) is 16.5. The van der Waals surface area contributed by atoms with Crippen molar-refractivity contribution in [2.45, 2.75) is 11.8 Å². The standard InChI is InChI=1S/C18H17ClN6O2S2/c1-22-5-4-9(21-22)12-11-13(23(2)18(27)24(3)16(11)26)14-15(28-7-6-25(12)14)10-8-29-17(19)20-10/h4-5,8,15H,6-7H2,1-3H3. The maximum absolute atomic E-state index is 13.2. The molecule has 1 atom stereocenters. The van der Waals surface area contributed by atoms with Gasteiger partial charge in [-0.25, -0.2) is 9.78 Å². The van der Waals surface area contributed by atoms with Crippen LogP contribution in [-0.2, 0) is 27.7 Å². The second-order valence-electron chi connectivity index (χ2n) is 6.97. The SMILES string of the molecule is Cn1ccc(-c2c3c(=O)n(C)c(=O)n(C)c3c3n2CCSC3c2csc(Cl)n2)n1. The molecular formula is C18H17ClN6O2S2. The van der Waals surface area contributed by atoms with E-state index >= 15 is 0 Å². The molecule has 5 heterocycles. The number of aryl methyl sites for hydroxylation is 2. The highest BCUT2D eigenvalue weighted by molar-refractivity contribution is 7.99. The van der Waals surface area contributed by atoms with E-state index in [4.69, 9.17) is 11.6 Å². The van der Waals surface area contributed by atoms with Crippen LogP contribution in [0.15, 0.2) is 27.2 Å². The number of halogens is 1. The van der Waals surface area contributed by atoms with E-state index in [2.05, 4.69) is 14.6 Å². The first kappa shape index (κ1) is 18.7. The lowest BCUT2D eigenvalue weighted by molar-refractivity contribution is 0.696. The van der Waals surface area contributed by atoms with Crippen molar-refractivity contribution in [2.24, 2.45) is 21.1 Å². The summed E-state index contributed by atoms with van der Waals surface area (Å²) in [4.78, 5) is 30.4. The molecule has 0 aliphatic carbocycles. The van der Waals surface area contributed by atoms with Gasteiger partial charge in [0.2, 0.25) is 0 Å². The van der Waals surface area contributed by atoms with Crippen molar-refractivity contribution < 1.29 is 0 Å². The third-order valence-electron chi connectivity index (χ3n) is 5.27. The Bertz CT molecular complexity index is 1390. The van der Waals surface area contributed by atoms with Crippen LogP contribution in [0.3, 0.4) is 0 Å². The molecule has 0 radical (unpaired) electrons. The Hall–Kier alpha value is -2.30. The van der Waals surface area contributed by atoms with Crippen molar-refractivity contribution in [1.29, 1.82) is 0 Å². The van der Waals surface area contributed by atoms with Crippen LogP contribution in [0.1, 0.15) is 16.6 Å². The fourth-order valence-corrected chi connectivity index (χ4v) is 6.09. The van der Waals surface area contributed by atoms with Crippen molar-refractivity contribution in [2.75, 3.05) is 5.75 Å². The van der Waals surface area contributed by atoms with Crippen LogP contribution >= 0.6 is 34.7 Å². The van der Waals surface area contributed by atoms with E-state index in [1.54, 1.807) is 28.1 Å².